The zero-order chi connectivity index (χ0) is 22.5. The lowest BCUT2D eigenvalue weighted by Crippen LogP contribution is -2.06. The van der Waals surface area contributed by atoms with Crippen LogP contribution in [0.1, 0.15) is 32.6 Å². The maximum absolute atomic E-state index is 12.8. The van der Waals surface area contributed by atoms with E-state index in [0.29, 0.717) is 28.5 Å². The number of anilines is 4. The van der Waals surface area contributed by atoms with Crippen molar-refractivity contribution in [2.45, 2.75) is 13.8 Å². The van der Waals surface area contributed by atoms with Crippen LogP contribution in [0, 0.1) is 25.2 Å². The van der Waals surface area contributed by atoms with E-state index < -0.39 is 0 Å². The van der Waals surface area contributed by atoms with Crippen LogP contribution in [-0.4, -0.2) is 15.8 Å². The van der Waals surface area contributed by atoms with E-state index in [1.807, 2.05) is 56.3 Å². The summed E-state index contributed by atoms with van der Waals surface area (Å²) in [6, 6.07) is 24.0. The smallest absolute Gasteiger partial charge is 0.229 e. The normalized spacial score (nSPS) is 10.3. The highest BCUT2D eigenvalue weighted by atomic mass is 16.1. The summed E-state index contributed by atoms with van der Waals surface area (Å²) in [6.45, 7) is 3.93. The molecule has 0 radical (unpaired) electrons. The molecular formula is C26H21N5O. The molecule has 0 spiro atoms. The summed E-state index contributed by atoms with van der Waals surface area (Å²) in [5.41, 5.74) is 5.50. The number of carbonyl (C=O) groups is 1. The van der Waals surface area contributed by atoms with Gasteiger partial charge in [0.25, 0.3) is 0 Å². The Morgan fingerprint density at radius 1 is 0.875 bits per heavy atom. The monoisotopic (exact) mass is 419 g/mol. The molecule has 4 rings (SSSR count). The molecule has 6 heteroatoms. The minimum atomic E-state index is -0.000658. The molecule has 0 bridgehead atoms. The lowest BCUT2D eigenvalue weighted by Gasteiger charge is -2.15. The van der Waals surface area contributed by atoms with Gasteiger partial charge in [0.1, 0.15) is 5.82 Å². The van der Waals surface area contributed by atoms with Gasteiger partial charge in [-0.1, -0.05) is 30.3 Å². The highest BCUT2D eigenvalue weighted by Crippen LogP contribution is 2.27. The van der Waals surface area contributed by atoms with Gasteiger partial charge in [0, 0.05) is 28.7 Å². The van der Waals surface area contributed by atoms with Gasteiger partial charge >= 0.3 is 0 Å². The number of hydrogen-bond acceptors (Lipinski definition) is 6. The molecule has 0 saturated heterocycles. The Morgan fingerprint density at radius 3 is 2.22 bits per heavy atom. The number of carbonyl (C=O) groups excluding carboxylic acids is 1. The first-order valence-electron chi connectivity index (χ1n) is 10.1. The van der Waals surface area contributed by atoms with E-state index in [1.165, 1.54) is 0 Å². The fourth-order valence-corrected chi connectivity index (χ4v) is 3.42. The molecule has 0 fully saturated rings. The van der Waals surface area contributed by atoms with Crippen molar-refractivity contribution in [2.75, 3.05) is 10.6 Å². The van der Waals surface area contributed by atoms with Gasteiger partial charge in [-0.2, -0.15) is 10.2 Å². The van der Waals surface area contributed by atoms with Gasteiger partial charge in [0.2, 0.25) is 5.95 Å². The van der Waals surface area contributed by atoms with Crippen LogP contribution in [0.15, 0.2) is 79.0 Å². The molecular weight excluding hydrogens is 398 g/mol. The average molecular weight is 419 g/mol. The molecule has 156 valence electrons. The van der Waals surface area contributed by atoms with Crippen molar-refractivity contribution in [3.63, 3.8) is 0 Å². The molecule has 1 heterocycles. The minimum absolute atomic E-state index is 0.000658. The molecule has 0 saturated carbocycles. The number of hydrogen-bond donors (Lipinski definition) is 2. The zero-order valence-corrected chi connectivity index (χ0v) is 17.8. The summed E-state index contributed by atoms with van der Waals surface area (Å²) in [5, 5.41) is 15.4. The summed E-state index contributed by atoms with van der Waals surface area (Å²) in [6.07, 6.45) is 1.67. The summed E-state index contributed by atoms with van der Waals surface area (Å²) >= 11 is 0. The number of rotatable bonds is 6. The molecule has 32 heavy (non-hydrogen) atoms. The van der Waals surface area contributed by atoms with Crippen molar-refractivity contribution < 1.29 is 4.79 Å². The summed E-state index contributed by atoms with van der Waals surface area (Å²) in [7, 11) is 0. The molecule has 4 aromatic rings. The summed E-state index contributed by atoms with van der Waals surface area (Å²) in [4.78, 5) is 21.6. The molecule has 3 aromatic carbocycles. The molecule has 1 aromatic heterocycles. The number of benzene rings is 3. The Balaban J connectivity index is 1.54. The first kappa shape index (κ1) is 20.8. The first-order valence-corrected chi connectivity index (χ1v) is 10.1. The van der Waals surface area contributed by atoms with Crippen molar-refractivity contribution in [1.29, 1.82) is 5.26 Å². The van der Waals surface area contributed by atoms with Gasteiger partial charge in [-0.25, -0.2) is 4.98 Å². The van der Waals surface area contributed by atoms with E-state index in [9.17, 15) is 4.79 Å². The van der Waals surface area contributed by atoms with Crippen molar-refractivity contribution >= 4 is 28.9 Å². The average Bonchev–Trinajstić information content (AvgIpc) is 2.82. The molecule has 0 aliphatic carbocycles. The molecule has 6 nitrogen and oxygen atoms in total. The molecule has 0 atom stereocenters. The Labute approximate surface area is 186 Å². The topological polar surface area (TPSA) is 90.7 Å². The highest BCUT2D eigenvalue weighted by Gasteiger charge is 2.13. The standard InChI is InChI=1S/C26H21N5O/c1-17-14-21(25(32)20-6-4-3-5-7-20)15-18(2)24(17)30-23-12-13-28-26(31-23)29-22-10-8-19(16-27)9-11-22/h3-15H,1-2H3,(H2,28,29,30,31). The highest BCUT2D eigenvalue weighted by molar-refractivity contribution is 6.09. The van der Waals surface area contributed by atoms with Gasteiger partial charge in [-0.05, 0) is 67.4 Å². The summed E-state index contributed by atoms with van der Waals surface area (Å²) < 4.78 is 0. The summed E-state index contributed by atoms with van der Waals surface area (Å²) in [5.74, 6) is 1.06. The Morgan fingerprint density at radius 2 is 1.56 bits per heavy atom. The van der Waals surface area contributed by atoms with Crippen LogP contribution in [-0.2, 0) is 0 Å². The second-order valence-corrected chi connectivity index (χ2v) is 7.38. The molecule has 0 aliphatic rings. The number of nitrogens with zero attached hydrogens (tertiary/aromatic N) is 3. The van der Waals surface area contributed by atoms with Crippen LogP contribution < -0.4 is 10.6 Å². The molecule has 2 N–H and O–H groups in total. The lowest BCUT2D eigenvalue weighted by atomic mass is 9.98. The number of nitriles is 1. The zero-order valence-electron chi connectivity index (χ0n) is 17.8. The van der Waals surface area contributed by atoms with Gasteiger partial charge in [-0.15, -0.1) is 0 Å². The van der Waals surface area contributed by atoms with Crippen molar-refractivity contribution in [1.82, 2.24) is 9.97 Å². The van der Waals surface area contributed by atoms with Crippen molar-refractivity contribution in [3.8, 4) is 6.07 Å². The number of ketones is 1. The second-order valence-electron chi connectivity index (χ2n) is 7.38. The Bertz CT molecular complexity index is 1290. The maximum atomic E-state index is 12.8. The van der Waals surface area contributed by atoms with Crippen LogP contribution in [0.4, 0.5) is 23.1 Å². The third-order valence-electron chi connectivity index (χ3n) is 5.01. The second kappa shape index (κ2) is 9.11. The van der Waals surface area contributed by atoms with Crippen LogP contribution in [0.3, 0.4) is 0 Å². The van der Waals surface area contributed by atoms with Crippen LogP contribution in [0.25, 0.3) is 0 Å². The number of aromatic nitrogens is 2. The Hall–Kier alpha value is -4.50. The van der Waals surface area contributed by atoms with E-state index in [0.717, 1.165) is 22.5 Å². The van der Waals surface area contributed by atoms with Gasteiger partial charge in [0.05, 0.1) is 11.6 Å². The Kier molecular flexibility index (Phi) is 5.91. The third kappa shape index (κ3) is 4.63. The number of nitrogens with one attached hydrogen (secondary N) is 2. The molecule has 0 aliphatic heterocycles. The van der Waals surface area contributed by atoms with E-state index in [2.05, 4.69) is 26.7 Å². The lowest BCUT2D eigenvalue weighted by molar-refractivity contribution is 0.103. The van der Waals surface area contributed by atoms with E-state index in [1.54, 1.807) is 36.5 Å². The predicted octanol–water partition coefficient (Wildman–Crippen LogP) is 5.68. The van der Waals surface area contributed by atoms with Gasteiger partial charge in [0.15, 0.2) is 5.78 Å². The fraction of sp³-hybridized carbons (Fsp3) is 0.0769. The predicted molar refractivity (Wildman–Crippen MR) is 126 cm³/mol. The molecule has 0 amide bonds. The van der Waals surface area contributed by atoms with E-state index in [4.69, 9.17) is 5.26 Å². The number of aryl methyl sites for hydroxylation is 2. The van der Waals surface area contributed by atoms with Crippen LogP contribution in [0.5, 0.6) is 0 Å². The minimum Gasteiger partial charge on any atom is -0.340 e. The van der Waals surface area contributed by atoms with Crippen molar-refractivity contribution in [3.05, 3.63) is 107 Å². The fourth-order valence-electron chi connectivity index (χ4n) is 3.42. The maximum Gasteiger partial charge on any atom is 0.229 e. The van der Waals surface area contributed by atoms with Crippen molar-refractivity contribution in [2.24, 2.45) is 0 Å². The SMILES string of the molecule is Cc1cc(C(=O)c2ccccc2)cc(C)c1Nc1ccnc(Nc2ccc(C#N)cc2)n1. The molecule has 0 unspecified atom stereocenters. The van der Waals surface area contributed by atoms with E-state index in [-0.39, 0.29) is 5.78 Å². The van der Waals surface area contributed by atoms with Crippen LogP contribution >= 0.6 is 0 Å². The quantitative estimate of drug-likeness (QED) is 0.391. The first-order chi connectivity index (χ1) is 15.5. The third-order valence-corrected chi connectivity index (χ3v) is 5.01. The van der Waals surface area contributed by atoms with E-state index >= 15 is 0 Å². The largest absolute Gasteiger partial charge is 0.340 e. The van der Waals surface area contributed by atoms with Gasteiger partial charge < -0.3 is 10.6 Å². The van der Waals surface area contributed by atoms with Crippen LogP contribution in [0.2, 0.25) is 0 Å². The van der Waals surface area contributed by atoms with Gasteiger partial charge in [-0.3, -0.25) is 4.79 Å².